The average molecular weight is 1520 g/mol. The molecule has 0 aromatic heterocycles. The molecule has 5 atom stereocenters. The smallest absolute Gasteiger partial charge is 0.462 e. The van der Waals surface area contributed by atoms with Crippen molar-refractivity contribution in [2.75, 3.05) is 39.6 Å². The number of phosphoric acid groups is 2. The number of hydrogen-bond donors (Lipinski definition) is 3. The van der Waals surface area contributed by atoms with Crippen LogP contribution in [-0.4, -0.2) is 96.7 Å². The van der Waals surface area contributed by atoms with Crippen molar-refractivity contribution >= 4 is 39.5 Å². The molecule has 0 saturated carbocycles. The Bertz CT molecular complexity index is 2630. The van der Waals surface area contributed by atoms with E-state index in [9.17, 15) is 43.2 Å². The van der Waals surface area contributed by atoms with Gasteiger partial charge in [0.2, 0.25) is 0 Å². The Morgan fingerprint density at radius 3 is 0.792 bits per heavy atom. The summed E-state index contributed by atoms with van der Waals surface area (Å²) >= 11 is 0. The summed E-state index contributed by atoms with van der Waals surface area (Å²) in [7, 11) is -10.00. The zero-order valence-corrected chi connectivity index (χ0v) is 67.8. The Kier molecular flexibility index (Phi) is 73.9. The van der Waals surface area contributed by atoms with Crippen LogP contribution in [0, 0.1) is 0 Å². The van der Waals surface area contributed by atoms with Crippen LogP contribution >= 0.6 is 15.6 Å². The molecule has 0 aliphatic carbocycles. The Balaban J connectivity index is 5.46. The van der Waals surface area contributed by atoms with Crippen LogP contribution in [0.1, 0.15) is 310 Å². The van der Waals surface area contributed by atoms with E-state index in [1.807, 2.05) is 0 Å². The van der Waals surface area contributed by atoms with Crippen LogP contribution in [0.4, 0.5) is 0 Å². The van der Waals surface area contributed by atoms with Crippen LogP contribution in [0.25, 0.3) is 0 Å². The normalized spacial score (nSPS) is 14.7. The molecule has 0 spiro atoms. The van der Waals surface area contributed by atoms with E-state index in [1.165, 1.54) is 38.5 Å². The fourth-order valence-corrected chi connectivity index (χ4v) is 11.9. The minimum atomic E-state index is -5.00. The maximum absolute atomic E-state index is 13.1. The van der Waals surface area contributed by atoms with Crippen LogP contribution < -0.4 is 0 Å². The molecule has 0 fully saturated rings. The quantitative estimate of drug-likeness (QED) is 0.0169. The number of aliphatic hydroxyl groups is 1. The van der Waals surface area contributed by atoms with E-state index in [4.69, 9.17) is 37.0 Å². The lowest BCUT2D eigenvalue weighted by atomic mass is 10.1. The van der Waals surface area contributed by atoms with E-state index >= 15 is 0 Å². The van der Waals surface area contributed by atoms with Gasteiger partial charge in [0, 0.05) is 25.7 Å². The highest BCUT2D eigenvalue weighted by Crippen LogP contribution is 2.45. The second-order valence-electron chi connectivity index (χ2n) is 26.6. The van der Waals surface area contributed by atoms with E-state index in [-0.39, 0.29) is 25.7 Å². The maximum Gasteiger partial charge on any atom is 0.472 e. The topological polar surface area (TPSA) is 237 Å². The molecule has 0 aromatic carbocycles. The molecular weight excluding hydrogens is 1380 g/mol. The van der Waals surface area contributed by atoms with Gasteiger partial charge in [-0.2, -0.15) is 0 Å². The molecule has 0 aliphatic rings. The van der Waals surface area contributed by atoms with Crippen LogP contribution in [0.2, 0.25) is 0 Å². The van der Waals surface area contributed by atoms with Gasteiger partial charge in [-0.05, 0) is 167 Å². The predicted octanol–water partition coefficient (Wildman–Crippen LogP) is 24.0. The molecule has 0 amide bonds. The molecule has 0 saturated heterocycles. The number of aliphatic hydroxyl groups excluding tert-OH is 1. The molecule has 0 rings (SSSR count). The molecule has 0 radical (unpaired) electrons. The molecule has 19 heteroatoms. The van der Waals surface area contributed by atoms with E-state index in [1.54, 1.807) is 0 Å². The summed E-state index contributed by atoms with van der Waals surface area (Å²) in [4.78, 5) is 73.1. The minimum absolute atomic E-state index is 0.0698. The number of esters is 4. The fourth-order valence-electron chi connectivity index (χ4n) is 10.4. The van der Waals surface area contributed by atoms with Gasteiger partial charge in [-0.25, -0.2) is 9.13 Å². The third-order valence-electron chi connectivity index (χ3n) is 16.5. The van der Waals surface area contributed by atoms with E-state index in [2.05, 4.69) is 186 Å². The average Bonchev–Trinajstić information content (AvgIpc) is 0.902. The summed E-state index contributed by atoms with van der Waals surface area (Å²) in [6.07, 6.45) is 90.8. The minimum Gasteiger partial charge on any atom is -0.462 e. The molecule has 0 heterocycles. The standard InChI is InChI=1S/C87H144O17P2/c1-5-9-13-17-21-25-29-33-37-39-40-42-45-48-52-56-60-64-68-72-85(90)98-78-83(104-87(92)74-70-66-62-58-54-50-46-41-38-34-30-26-22-18-14-10-6-2)80-102-106(95,96)100-76-81(88)75-99-105(93,94)101-79-82(103-86(91)73-69-65-61-57-53-49-44-36-32-28-24-20-16-12-8-4)77-97-84(89)71-67-63-59-55-51-47-43-35-31-27-23-19-15-11-7-3/h9-11,13-15,21-23,25-27,33-38,40,42-44,48,51-52,55,81-83,88H,5-8,12,16-20,24,28-32,39,41,45-47,49-50,53-54,56-80H2,1-4H3,(H,93,94)(H,95,96)/b13-9-,14-10-,15-11-,25-21-,26-22-,27-23-,37-33-,38-34-,42-40-,43-35-,44-36-,52-48-,55-51-. The Morgan fingerprint density at radius 2 is 0.491 bits per heavy atom. The van der Waals surface area contributed by atoms with Gasteiger partial charge in [-0.1, -0.05) is 276 Å². The molecule has 3 N–H and O–H groups in total. The lowest BCUT2D eigenvalue weighted by molar-refractivity contribution is -0.161. The Morgan fingerprint density at radius 1 is 0.274 bits per heavy atom. The predicted molar refractivity (Wildman–Crippen MR) is 436 cm³/mol. The first-order valence-corrected chi connectivity index (χ1v) is 43.7. The maximum atomic E-state index is 13.1. The SMILES string of the molecule is CC/C=C\C/C=C\C/C=C\C/C=C\C/C=C\CCCCCC(=O)OCC(COP(=O)(O)OCC(O)COP(=O)(O)OCC(COC(=O)CCCC/C=C\C/C=C\C/C=C\C/C=C\CC)OC(=O)CCCCCCC/C=C\CCCCCCCC)OC(=O)CCCCCCCCC/C=C\C/C=C\C/C=C\CC. The first-order chi connectivity index (χ1) is 51.7. The summed E-state index contributed by atoms with van der Waals surface area (Å²) in [5.74, 6) is -2.28. The molecule has 17 nitrogen and oxygen atoms in total. The van der Waals surface area contributed by atoms with Gasteiger partial charge < -0.3 is 33.8 Å². The summed E-state index contributed by atoms with van der Waals surface area (Å²) in [6.45, 7) is 4.43. The lowest BCUT2D eigenvalue weighted by Gasteiger charge is -2.21. The summed E-state index contributed by atoms with van der Waals surface area (Å²) < 4.78 is 68.6. The summed E-state index contributed by atoms with van der Waals surface area (Å²) in [5, 5.41) is 10.7. The number of hydrogen-bond acceptors (Lipinski definition) is 15. The van der Waals surface area contributed by atoms with E-state index < -0.39 is 97.5 Å². The highest BCUT2D eigenvalue weighted by molar-refractivity contribution is 7.47. The molecule has 0 aliphatic heterocycles. The number of allylic oxidation sites excluding steroid dienone is 26. The fraction of sp³-hybridized carbons (Fsp3) is 0.655. The number of unbranched alkanes of at least 4 members (excludes halogenated alkanes) is 23. The molecule has 106 heavy (non-hydrogen) atoms. The van der Waals surface area contributed by atoms with Crippen LogP contribution in [0.15, 0.2) is 158 Å². The van der Waals surface area contributed by atoms with Crippen LogP contribution in [0.3, 0.4) is 0 Å². The number of phosphoric ester groups is 2. The van der Waals surface area contributed by atoms with Crippen molar-refractivity contribution in [2.45, 2.75) is 329 Å². The Hall–Kier alpha value is -5.32. The summed E-state index contributed by atoms with van der Waals surface area (Å²) in [6, 6.07) is 0. The number of rotatable bonds is 75. The number of carbonyl (C=O) groups excluding carboxylic acids is 4. The largest absolute Gasteiger partial charge is 0.472 e. The van der Waals surface area contributed by atoms with Gasteiger partial charge in [-0.3, -0.25) is 37.3 Å². The van der Waals surface area contributed by atoms with Gasteiger partial charge in [0.1, 0.15) is 19.3 Å². The molecule has 0 bridgehead atoms. The lowest BCUT2D eigenvalue weighted by Crippen LogP contribution is -2.30. The Labute approximate surface area is 642 Å². The van der Waals surface area contributed by atoms with Gasteiger partial charge in [-0.15, -0.1) is 0 Å². The first-order valence-electron chi connectivity index (χ1n) is 40.7. The van der Waals surface area contributed by atoms with Crippen molar-refractivity contribution in [1.82, 2.24) is 0 Å². The van der Waals surface area contributed by atoms with Crippen molar-refractivity contribution in [3.8, 4) is 0 Å². The zero-order chi connectivity index (χ0) is 77.4. The third kappa shape index (κ3) is 76.9. The van der Waals surface area contributed by atoms with Gasteiger partial charge in [0.25, 0.3) is 0 Å². The zero-order valence-electron chi connectivity index (χ0n) is 66.1. The molecular formula is C87H144O17P2. The van der Waals surface area contributed by atoms with E-state index in [0.29, 0.717) is 25.7 Å². The van der Waals surface area contributed by atoms with Crippen molar-refractivity contribution in [2.24, 2.45) is 0 Å². The molecule has 5 unspecified atom stereocenters. The van der Waals surface area contributed by atoms with Crippen molar-refractivity contribution in [3.63, 3.8) is 0 Å². The highest BCUT2D eigenvalue weighted by atomic mass is 31.2. The van der Waals surface area contributed by atoms with Gasteiger partial charge in [0.05, 0.1) is 26.4 Å². The first kappa shape index (κ1) is 101. The molecule has 0 aromatic rings. The second kappa shape index (κ2) is 77.8. The summed E-state index contributed by atoms with van der Waals surface area (Å²) in [5.41, 5.74) is 0. The van der Waals surface area contributed by atoms with Gasteiger partial charge in [0.15, 0.2) is 12.2 Å². The number of carbonyl (C=O) groups is 4. The van der Waals surface area contributed by atoms with Crippen LogP contribution in [-0.2, 0) is 65.4 Å². The van der Waals surface area contributed by atoms with Crippen molar-refractivity contribution in [1.29, 1.82) is 0 Å². The monoisotopic (exact) mass is 1520 g/mol. The van der Waals surface area contributed by atoms with Crippen molar-refractivity contribution < 1.29 is 80.2 Å². The van der Waals surface area contributed by atoms with E-state index in [0.717, 1.165) is 193 Å². The highest BCUT2D eigenvalue weighted by Gasteiger charge is 2.30. The van der Waals surface area contributed by atoms with Crippen LogP contribution in [0.5, 0.6) is 0 Å². The van der Waals surface area contributed by atoms with Crippen molar-refractivity contribution in [3.05, 3.63) is 158 Å². The van der Waals surface area contributed by atoms with Gasteiger partial charge >= 0.3 is 39.5 Å². The second-order valence-corrected chi connectivity index (χ2v) is 29.5. The molecule has 604 valence electrons. The number of ether oxygens (including phenoxy) is 4. The third-order valence-corrected chi connectivity index (χ3v) is 18.4.